The Morgan fingerprint density at radius 2 is 0.889 bits per heavy atom. The molecule has 45 heavy (non-hydrogen) atoms. The summed E-state index contributed by atoms with van der Waals surface area (Å²) in [5.41, 5.74) is 4.34. The molecule has 0 aliphatic heterocycles. The van der Waals surface area contributed by atoms with Gasteiger partial charge in [-0.15, -0.1) is 22.7 Å². The van der Waals surface area contributed by atoms with Crippen molar-refractivity contribution in [2.75, 3.05) is 24.9 Å². The maximum absolute atomic E-state index is 12.8. The van der Waals surface area contributed by atoms with E-state index in [-0.39, 0.29) is 11.8 Å². The molecule has 4 aromatic carbocycles. The van der Waals surface area contributed by atoms with E-state index in [1.165, 1.54) is 22.7 Å². The Morgan fingerprint density at radius 3 is 1.24 bits per heavy atom. The van der Waals surface area contributed by atoms with Crippen LogP contribution in [-0.2, 0) is 0 Å². The van der Waals surface area contributed by atoms with Gasteiger partial charge in [-0.2, -0.15) is 0 Å². The van der Waals surface area contributed by atoms with Crippen molar-refractivity contribution in [2.45, 2.75) is 0 Å². The smallest absolute Gasteiger partial charge is 0.257 e. The summed E-state index contributed by atoms with van der Waals surface area (Å²) in [5, 5.41) is 10.5. The number of hydrogen-bond donors (Lipinski definition) is 2. The lowest BCUT2D eigenvalue weighted by atomic mass is 10.2. The number of rotatable bonds is 10. The number of methoxy groups -OCH3 is 2. The van der Waals surface area contributed by atoms with Gasteiger partial charge in [-0.1, -0.05) is 0 Å². The first-order chi connectivity index (χ1) is 22.0. The van der Waals surface area contributed by atoms with E-state index in [1.54, 1.807) is 62.8 Å². The fraction of sp³-hybridized carbons (Fsp3) is 0.0588. The minimum absolute atomic E-state index is 0.274. The summed E-state index contributed by atoms with van der Waals surface area (Å²) >= 11 is 2.71. The van der Waals surface area contributed by atoms with Gasteiger partial charge in [0, 0.05) is 33.0 Å². The van der Waals surface area contributed by atoms with Crippen molar-refractivity contribution in [3.05, 3.63) is 119 Å². The molecule has 0 spiro atoms. The number of ether oxygens (including phenoxy) is 3. The van der Waals surface area contributed by atoms with E-state index in [1.807, 2.05) is 59.3 Å². The summed E-state index contributed by atoms with van der Waals surface area (Å²) in [5.74, 6) is 2.08. The standard InChI is InChI=1S/C34H26N4O5S2/c1-41-25-11-3-21(4-12-25)29-19-44-33(35-29)37-31(39)23-7-15-27(16-8-23)43-28-17-9-24(10-18-28)32(40)38-34-36-30(20-45-34)22-5-13-26(42-2)14-6-22/h3-20H,1-2H3,(H,35,37,39)(H,36,38,40). The van der Waals surface area contributed by atoms with Crippen LogP contribution in [0.2, 0.25) is 0 Å². The summed E-state index contributed by atoms with van der Waals surface area (Å²) in [6.45, 7) is 0. The number of amides is 2. The fourth-order valence-electron chi connectivity index (χ4n) is 4.27. The molecule has 0 saturated carbocycles. The second-order valence-electron chi connectivity index (χ2n) is 9.59. The van der Waals surface area contributed by atoms with E-state index in [2.05, 4.69) is 20.6 Å². The van der Waals surface area contributed by atoms with Crippen molar-refractivity contribution < 1.29 is 23.8 Å². The molecule has 0 fully saturated rings. The fourth-order valence-corrected chi connectivity index (χ4v) is 5.70. The molecule has 0 radical (unpaired) electrons. The van der Waals surface area contributed by atoms with Gasteiger partial charge in [0.2, 0.25) is 0 Å². The highest BCUT2D eigenvalue weighted by molar-refractivity contribution is 7.14. The molecule has 6 aromatic rings. The van der Waals surface area contributed by atoms with Gasteiger partial charge in [0.05, 0.1) is 25.6 Å². The maximum atomic E-state index is 12.8. The summed E-state index contributed by atoms with van der Waals surface area (Å²) in [7, 11) is 3.24. The Morgan fingerprint density at radius 1 is 0.533 bits per heavy atom. The van der Waals surface area contributed by atoms with Crippen molar-refractivity contribution in [3.63, 3.8) is 0 Å². The zero-order valence-corrected chi connectivity index (χ0v) is 25.8. The lowest BCUT2D eigenvalue weighted by molar-refractivity contribution is 0.101. The lowest BCUT2D eigenvalue weighted by Gasteiger charge is -2.08. The molecule has 2 aromatic heterocycles. The quantitative estimate of drug-likeness (QED) is 0.156. The van der Waals surface area contributed by atoms with Crippen LogP contribution in [0.15, 0.2) is 108 Å². The minimum Gasteiger partial charge on any atom is -0.497 e. The predicted octanol–water partition coefficient (Wildman–Crippen LogP) is 8.25. The van der Waals surface area contributed by atoms with Crippen molar-refractivity contribution in [1.29, 1.82) is 0 Å². The molecular weight excluding hydrogens is 609 g/mol. The lowest BCUT2D eigenvalue weighted by Crippen LogP contribution is -2.11. The first-order valence-electron chi connectivity index (χ1n) is 13.7. The van der Waals surface area contributed by atoms with Crippen LogP contribution in [0.4, 0.5) is 10.3 Å². The van der Waals surface area contributed by atoms with Gasteiger partial charge < -0.3 is 14.2 Å². The van der Waals surface area contributed by atoms with Gasteiger partial charge in [-0.3, -0.25) is 20.2 Å². The molecule has 0 atom stereocenters. The van der Waals surface area contributed by atoms with Gasteiger partial charge in [0.25, 0.3) is 11.8 Å². The Hall–Kier alpha value is -5.52. The number of nitrogens with zero attached hydrogens (tertiary/aromatic N) is 2. The number of hydrogen-bond acceptors (Lipinski definition) is 9. The number of nitrogens with one attached hydrogen (secondary N) is 2. The third kappa shape index (κ3) is 7.18. The van der Waals surface area contributed by atoms with Gasteiger partial charge >= 0.3 is 0 Å². The predicted molar refractivity (Wildman–Crippen MR) is 177 cm³/mol. The topological polar surface area (TPSA) is 112 Å². The molecule has 6 rings (SSSR count). The van der Waals surface area contributed by atoms with Gasteiger partial charge in [0.1, 0.15) is 23.0 Å². The molecule has 0 saturated heterocycles. The average Bonchev–Trinajstić information content (AvgIpc) is 3.75. The first-order valence-corrected chi connectivity index (χ1v) is 15.4. The third-order valence-electron chi connectivity index (χ3n) is 6.69. The SMILES string of the molecule is COc1ccc(-c2csc(NC(=O)c3ccc(Oc4ccc(C(=O)Nc5nc(-c6ccc(OC)cc6)cs5)cc4)cc3)n2)cc1. The molecule has 0 bridgehead atoms. The highest BCUT2D eigenvalue weighted by atomic mass is 32.1. The van der Waals surface area contributed by atoms with Gasteiger partial charge in [0.15, 0.2) is 10.3 Å². The number of aromatic nitrogens is 2. The highest BCUT2D eigenvalue weighted by Crippen LogP contribution is 2.29. The first kappa shape index (κ1) is 29.5. The summed E-state index contributed by atoms with van der Waals surface area (Å²) < 4.78 is 16.3. The van der Waals surface area contributed by atoms with Crippen molar-refractivity contribution in [1.82, 2.24) is 9.97 Å². The molecule has 0 aliphatic rings. The second-order valence-corrected chi connectivity index (χ2v) is 11.3. The molecular formula is C34H26N4O5S2. The van der Waals surface area contributed by atoms with Crippen molar-refractivity contribution >= 4 is 44.8 Å². The molecule has 9 nitrogen and oxygen atoms in total. The summed E-state index contributed by atoms with van der Waals surface area (Å²) in [6.07, 6.45) is 0. The molecule has 2 heterocycles. The maximum Gasteiger partial charge on any atom is 0.257 e. The molecule has 0 aliphatic carbocycles. The number of thiazole rings is 2. The molecule has 2 amide bonds. The Bertz CT molecular complexity index is 1780. The van der Waals surface area contributed by atoms with Crippen LogP contribution >= 0.6 is 22.7 Å². The molecule has 2 N–H and O–H groups in total. The zero-order chi connectivity index (χ0) is 31.2. The Labute approximate surface area is 267 Å². The Balaban J connectivity index is 1.02. The average molecular weight is 635 g/mol. The highest BCUT2D eigenvalue weighted by Gasteiger charge is 2.13. The van der Waals surface area contributed by atoms with Crippen molar-refractivity contribution in [2.24, 2.45) is 0 Å². The van der Waals surface area contributed by atoms with Crippen LogP contribution in [0.3, 0.4) is 0 Å². The van der Waals surface area contributed by atoms with E-state index in [9.17, 15) is 9.59 Å². The Kier molecular flexibility index (Phi) is 8.81. The number of carbonyl (C=O) groups excluding carboxylic acids is 2. The molecule has 11 heteroatoms. The van der Waals surface area contributed by atoms with Crippen molar-refractivity contribution in [3.8, 4) is 45.5 Å². The zero-order valence-electron chi connectivity index (χ0n) is 24.1. The second kappa shape index (κ2) is 13.4. The largest absolute Gasteiger partial charge is 0.497 e. The third-order valence-corrected chi connectivity index (χ3v) is 8.21. The minimum atomic E-state index is -0.274. The number of anilines is 2. The van der Waals surface area contributed by atoms with E-state index in [4.69, 9.17) is 14.2 Å². The van der Waals surface area contributed by atoms with Crippen LogP contribution in [0.25, 0.3) is 22.5 Å². The van der Waals surface area contributed by atoms with E-state index >= 15 is 0 Å². The monoisotopic (exact) mass is 634 g/mol. The van der Waals surface area contributed by atoms with E-state index in [0.29, 0.717) is 32.9 Å². The summed E-state index contributed by atoms with van der Waals surface area (Å²) in [6, 6.07) is 28.7. The molecule has 224 valence electrons. The van der Waals surface area contributed by atoms with Crippen LogP contribution in [0.5, 0.6) is 23.0 Å². The number of carbonyl (C=O) groups is 2. The summed E-state index contributed by atoms with van der Waals surface area (Å²) in [4.78, 5) is 34.6. The van der Waals surface area contributed by atoms with Crippen LogP contribution in [0, 0.1) is 0 Å². The van der Waals surface area contributed by atoms with Crippen LogP contribution in [-0.4, -0.2) is 36.0 Å². The van der Waals surface area contributed by atoms with E-state index in [0.717, 1.165) is 34.0 Å². The van der Waals surface area contributed by atoms with Crippen LogP contribution in [0.1, 0.15) is 20.7 Å². The van der Waals surface area contributed by atoms with Gasteiger partial charge in [-0.25, -0.2) is 9.97 Å². The van der Waals surface area contributed by atoms with Crippen LogP contribution < -0.4 is 24.8 Å². The molecule has 0 unspecified atom stereocenters. The van der Waals surface area contributed by atoms with E-state index < -0.39 is 0 Å². The van der Waals surface area contributed by atoms with Gasteiger partial charge in [-0.05, 0) is 97.1 Å². The normalized spacial score (nSPS) is 10.6. The number of benzene rings is 4.